The van der Waals surface area contributed by atoms with Gasteiger partial charge in [-0.05, 0) is 51.1 Å². The van der Waals surface area contributed by atoms with Crippen molar-refractivity contribution in [1.29, 1.82) is 0 Å². The third kappa shape index (κ3) is 19.4. The van der Waals surface area contributed by atoms with Gasteiger partial charge in [0.1, 0.15) is 40.7 Å². The SMILES string of the molecule is CC(C)(C)c1ccccc1OP(=O)([O-])[O-].CC(C)(C)c1ccccc1OP(=O)([O-])[O-].CC(C)(C)c1ccccc1OP(=O)([O-])[O-].[Al+3].[Al+3]. The molecule has 0 amide bonds. The van der Waals surface area contributed by atoms with E-state index in [1.807, 2.05) is 62.3 Å². The second kappa shape index (κ2) is 18.5. The van der Waals surface area contributed by atoms with Gasteiger partial charge in [0.2, 0.25) is 0 Å². The first-order valence-electron chi connectivity index (χ1n) is 13.5. The molecule has 0 aromatic heterocycles. The summed E-state index contributed by atoms with van der Waals surface area (Å²) in [5.74, 6) is 0.329. The van der Waals surface area contributed by atoms with Gasteiger partial charge in [-0.15, -0.1) is 0 Å². The molecule has 3 rings (SSSR count). The molecule has 47 heavy (non-hydrogen) atoms. The van der Waals surface area contributed by atoms with Crippen LogP contribution in [-0.4, -0.2) is 34.7 Å². The van der Waals surface area contributed by atoms with Crippen molar-refractivity contribution in [2.24, 2.45) is 0 Å². The Morgan fingerprint density at radius 2 is 0.574 bits per heavy atom. The number of hydrogen-bond acceptors (Lipinski definition) is 12. The zero-order valence-electron chi connectivity index (χ0n) is 27.8. The minimum absolute atomic E-state index is 0. The summed E-state index contributed by atoms with van der Waals surface area (Å²) in [6.45, 7) is 17.2. The Kier molecular flexibility index (Phi) is 18.8. The molecule has 3 aromatic rings. The molecule has 0 unspecified atom stereocenters. The predicted molar refractivity (Wildman–Crippen MR) is 172 cm³/mol. The second-order valence-corrected chi connectivity index (χ2v) is 16.1. The average Bonchev–Trinajstić information content (AvgIpc) is 2.81. The molecule has 0 radical (unpaired) electrons. The van der Waals surface area contributed by atoms with Crippen molar-refractivity contribution in [3.8, 4) is 17.2 Å². The van der Waals surface area contributed by atoms with E-state index in [2.05, 4.69) is 13.6 Å². The summed E-state index contributed by atoms with van der Waals surface area (Å²) in [6, 6.07) is 19.8. The topological polar surface area (TPSA) is 217 Å². The minimum atomic E-state index is -4.98. The first-order chi connectivity index (χ1) is 20.1. The van der Waals surface area contributed by atoms with E-state index < -0.39 is 23.5 Å². The van der Waals surface area contributed by atoms with Crippen LogP contribution in [0.25, 0.3) is 0 Å². The second-order valence-electron chi connectivity index (χ2n) is 12.9. The van der Waals surface area contributed by atoms with Crippen LogP contribution < -0.4 is 42.9 Å². The van der Waals surface area contributed by atoms with Crippen LogP contribution in [0.15, 0.2) is 72.8 Å². The Bertz CT molecular complexity index is 1360. The summed E-state index contributed by atoms with van der Waals surface area (Å²) in [7, 11) is -15.0. The maximum absolute atomic E-state index is 10.5. The number of rotatable bonds is 6. The number of para-hydroxylation sites is 3. The maximum atomic E-state index is 10.5. The molecule has 12 nitrogen and oxygen atoms in total. The first-order valence-corrected chi connectivity index (χ1v) is 17.9. The Balaban J connectivity index is 0. The van der Waals surface area contributed by atoms with Gasteiger partial charge in [0, 0.05) is 0 Å². The molecule has 252 valence electrons. The van der Waals surface area contributed by atoms with E-state index in [1.54, 1.807) is 54.6 Å². The molecule has 0 fully saturated rings. The van der Waals surface area contributed by atoms with Crippen LogP contribution in [0.2, 0.25) is 0 Å². The minimum Gasteiger partial charge on any atom is -0.780 e. The van der Waals surface area contributed by atoms with E-state index in [0.717, 1.165) is 0 Å². The van der Waals surface area contributed by atoms with Crippen molar-refractivity contribution in [2.45, 2.75) is 78.6 Å². The fourth-order valence-corrected chi connectivity index (χ4v) is 5.06. The predicted octanol–water partition coefficient (Wildman–Crippen LogP) is 2.81. The van der Waals surface area contributed by atoms with E-state index in [0.29, 0.717) is 16.7 Å². The van der Waals surface area contributed by atoms with Crippen molar-refractivity contribution in [1.82, 2.24) is 0 Å². The van der Waals surface area contributed by atoms with Crippen LogP contribution in [0.4, 0.5) is 0 Å². The number of benzene rings is 3. The molecule has 3 aromatic carbocycles. The summed E-state index contributed by atoms with van der Waals surface area (Å²) >= 11 is 0. The number of phosphoric ester groups is 3. The molecule has 0 aliphatic rings. The maximum Gasteiger partial charge on any atom is 3.00 e. The van der Waals surface area contributed by atoms with E-state index in [-0.39, 0.29) is 68.2 Å². The Morgan fingerprint density at radius 3 is 0.723 bits per heavy atom. The summed E-state index contributed by atoms with van der Waals surface area (Å²) in [6.07, 6.45) is 0. The third-order valence-corrected chi connectivity index (χ3v) is 6.98. The average molecular weight is 739 g/mol. The monoisotopic (exact) mass is 738 g/mol. The zero-order chi connectivity index (χ0) is 35.1. The number of hydrogen-bond donors (Lipinski definition) is 0. The Morgan fingerprint density at radius 1 is 0.404 bits per heavy atom. The van der Waals surface area contributed by atoms with Crippen LogP contribution in [0.3, 0.4) is 0 Å². The van der Waals surface area contributed by atoms with E-state index in [1.165, 1.54) is 18.2 Å². The fourth-order valence-electron chi connectivity index (χ4n) is 3.86. The molecule has 0 N–H and O–H groups in total. The zero-order valence-corrected chi connectivity index (χ0v) is 32.8. The summed E-state index contributed by atoms with van der Waals surface area (Å²) in [4.78, 5) is 63.2. The van der Waals surface area contributed by atoms with Crippen LogP contribution in [0.1, 0.15) is 79.0 Å². The van der Waals surface area contributed by atoms with Gasteiger partial charge in [0.25, 0.3) is 0 Å². The molecular weight excluding hydrogens is 699 g/mol. The van der Waals surface area contributed by atoms with Crippen LogP contribution in [0.5, 0.6) is 17.2 Å². The van der Waals surface area contributed by atoms with Gasteiger partial charge >= 0.3 is 34.7 Å². The molecule has 0 aliphatic heterocycles. The molecule has 0 heterocycles. The summed E-state index contributed by atoms with van der Waals surface area (Å²) in [5, 5.41) is 0. The number of phosphoric acid groups is 3. The van der Waals surface area contributed by atoms with Crippen molar-refractivity contribution >= 4 is 58.2 Å². The van der Waals surface area contributed by atoms with Crippen molar-refractivity contribution in [2.75, 3.05) is 0 Å². The quantitative estimate of drug-likeness (QED) is 0.264. The van der Waals surface area contributed by atoms with Crippen molar-refractivity contribution in [3.63, 3.8) is 0 Å². The summed E-state index contributed by atoms with van der Waals surface area (Å²) < 4.78 is 44.8. The van der Waals surface area contributed by atoms with E-state index >= 15 is 0 Å². The third-order valence-electron chi connectivity index (χ3n) is 5.72. The van der Waals surface area contributed by atoms with E-state index in [4.69, 9.17) is 0 Å². The van der Waals surface area contributed by atoms with Crippen molar-refractivity contribution < 1.29 is 56.6 Å². The molecule has 0 spiro atoms. The largest absolute Gasteiger partial charge is 3.00 e. The standard InChI is InChI=1S/3C10H15O4P.2Al/c3*1-10(2,3)8-6-4-5-7-9(8)14-15(11,12)13;;/h3*4-7H,1-3H3,(H2,11,12,13);;/q;;;2*+3/p-6. The van der Waals surface area contributed by atoms with Gasteiger partial charge < -0.3 is 56.6 Å². The molecule has 17 heteroatoms. The first kappa shape index (κ1) is 47.7. The van der Waals surface area contributed by atoms with Gasteiger partial charge in [-0.25, -0.2) is 0 Å². The van der Waals surface area contributed by atoms with Gasteiger partial charge in [0.05, 0.1) is 0 Å². The Hall–Kier alpha value is -1.43. The van der Waals surface area contributed by atoms with Gasteiger partial charge in [-0.1, -0.05) is 117 Å². The molecule has 0 atom stereocenters. The Labute approximate surface area is 298 Å². The summed E-state index contributed by atoms with van der Waals surface area (Å²) in [5.41, 5.74) is 1.26. The normalized spacial score (nSPS) is 12.1. The van der Waals surface area contributed by atoms with Crippen LogP contribution in [-0.2, 0) is 29.9 Å². The fraction of sp³-hybridized carbons (Fsp3) is 0.400. The molecule has 0 bridgehead atoms. The molecule has 0 aliphatic carbocycles. The van der Waals surface area contributed by atoms with Crippen LogP contribution in [0, 0.1) is 0 Å². The van der Waals surface area contributed by atoms with Gasteiger partial charge in [-0.3, -0.25) is 0 Å². The van der Waals surface area contributed by atoms with Gasteiger partial charge in [-0.2, -0.15) is 0 Å². The smallest absolute Gasteiger partial charge is 0.780 e. The molecular formula is C30H39Al2O12P3. The molecule has 0 saturated heterocycles. The van der Waals surface area contributed by atoms with E-state index in [9.17, 15) is 43.1 Å². The van der Waals surface area contributed by atoms with Crippen LogP contribution >= 0.6 is 23.5 Å². The molecule has 0 saturated carbocycles. The van der Waals surface area contributed by atoms with Crippen molar-refractivity contribution in [3.05, 3.63) is 89.5 Å². The van der Waals surface area contributed by atoms with Gasteiger partial charge in [0.15, 0.2) is 0 Å².